The van der Waals surface area contributed by atoms with Crippen molar-refractivity contribution in [1.29, 1.82) is 0 Å². The van der Waals surface area contributed by atoms with Gasteiger partial charge in [-0.05, 0) is 41.8 Å². The molecule has 2 unspecified atom stereocenters. The summed E-state index contributed by atoms with van der Waals surface area (Å²) in [7, 11) is 2.95. The third-order valence-electron chi connectivity index (χ3n) is 7.27. The van der Waals surface area contributed by atoms with Crippen molar-refractivity contribution in [2.45, 2.75) is 37.2 Å². The van der Waals surface area contributed by atoms with E-state index in [0.717, 1.165) is 16.9 Å². The highest BCUT2D eigenvalue weighted by Gasteiger charge is 2.64. The highest BCUT2D eigenvalue weighted by atomic mass is 16.5. The summed E-state index contributed by atoms with van der Waals surface area (Å²) in [4.78, 5) is 44.2. The summed E-state index contributed by atoms with van der Waals surface area (Å²) in [6.07, 6.45) is -0.312. The summed E-state index contributed by atoms with van der Waals surface area (Å²) in [5.74, 6) is -0.153. The lowest BCUT2D eigenvalue weighted by Crippen LogP contribution is -2.81. The Morgan fingerprint density at radius 2 is 1.63 bits per heavy atom. The van der Waals surface area contributed by atoms with Crippen molar-refractivity contribution >= 4 is 17.8 Å². The molecule has 2 aromatic rings. The number of benzene rings is 2. The normalized spacial score (nSPS) is 23.8. The van der Waals surface area contributed by atoms with E-state index in [9.17, 15) is 19.5 Å². The summed E-state index contributed by atoms with van der Waals surface area (Å²) >= 11 is 0. The first-order chi connectivity index (χ1) is 16.8. The van der Waals surface area contributed by atoms with Gasteiger partial charge in [-0.25, -0.2) is 4.79 Å². The molecule has 2 amide bonds. The van der Waals surface area contributed by atoms with Gasteiger partial charge in [0.05, 0.1) is 38.5 Å². The van der Waals surface area contributed by atoms with Crippen molar-refractivity contribution in [1.82, 2.24) is 14.7 Å². The van der Waals surface area contributed by atoms with Crippen molar-refractivity contribution in [3.63, 3.8) is 0 Å². The molecule has 0 aromatic heterocycles. The molecule has 3 heterocycles. The predicted molar refractivity (Wildman–Crippen MR) is 125 cm³/mol. The van der Waals surface area contributed by atoms with E-state index in [4.69, 9.17) is 9.47 Å². The maximum atomic E-state index is 13.8. The minimum absolute atomic E-state index is 0.125. The number of hydrogen-bond acceptors (Lipinski definition) is 8. The molecule has 3 aliphatic rings. The van der Waals surface area contributed by atoms with Gasteiger partial charge < -0.3 is 14.6 Å². The number of aliphatic hydroxyl groups excluding tert-OH is 1. The Morgan fingerprint density at radius 1 is 1.00 bits per heavy atom. The number of β-amino-alcohol motifs (C(OH)–C–C–N with tert-alkyl or cyclic N) is 1. The molecule has 0 radical (unpaired) electrons. The quantitative estimate of drug-likeness (QED) is 0.485. The zero-order valence-corrected chi connectivity index (χ0v) is 19.8. The van der Waals surface area contributed by atoms with Crippen molar-refractivity contribution in [3.05, 3.63) is 65.2 Å². The van der Waals surface area contributed by atoms with Crippen molar-refractivity contribution in [2.24, 2.45) is 0 Å². The Morgan fingerprint density at radius 3 is 2.26 bits per heavy atom. The van der Waals surface area contributed by atoms with Crippen LogP contribution in [0.1, 0.15) is 27.9 Å². The van der Waals surface area contributed by atoms with E-state index in [1.54, 1.807) is 31.4 Å². The van der Waals surface area contributed by atoms with E-state index in [-0.39, 0.29) is 18.4 Å². The summed E-state index contributed by atoms with van der Waals surface area (Å²) in [6.45, 7) is 2.11. The van der Waals surface area contributed by atoms with Gasteiger partial charge in [-0.1, -0.05) is 24.3 Å². The number of likely N-dealkylation sites (tertiary alicyclic amines) is 1. The molecular formula is C26H29N3O6. The highest BCUT2D eigenvalue weighted by molar-refractivity contribution is 6.06. The molecule has 3 saturated heterocycles. The van der Waals surface area contributed by atoms with Crippen LogP contribution in [0.2, 0.25) is 0 Å². The molecule has 2 aromatic carbocycles. The number of nitrogens with zero attached hydrogens (tertiary/aromatic N) is 3. The van der Waals surface area contributed by atoms with Gasteiger partial charge in [0.2, 0.25) is 5.91 Å². The van der Waals surface area contributed by atoms with Crippen molar-refractivity contribution in [2.75, 3.05) is 33.9 Å². The Kier molecular flexibility index (Phi) is 6.08. The first-order valence-electron chi connectivity index (χ1n) is 11.7. The maximum absolute atomic E-state index is 13.8. The fraction of sp³-hybridized carbons (Fsp3) is 0.423. The molecule has 3 fully saturated rings. The van der Waals surface area contributed by atoms with Gasteiger partial charge in [0.15, 0.2) is 0 Å². The topological polar surface area (TPSA) is 99.6 Å². The zero-order valence-electron chi connectivity index (χ0n) is 19.8. The van der Waals surface area contributed by atoms with Crippen LogP contribution in [0.4, 0.5) is 0 Å². The molecule has 1 N–H and O–H groups in total. The van der Waals surface area contributed by atoms with Gasteiger partial charge in [0, 0.05) is 26.2 Å². The zero-order chi connectivity index (χ0) is 24.7. The average molecular weight is 480 g/mol. The summed E-state index contributed by atoms with van der Waals surface area (Å²) in [6, 6.07) is 14.0. The highest BCUT2D eigenvalue weighted by Crippen LogP contribution is 2.41. The number of imide groups is 1. The van der Waals surface area contributed by atoms with E-state index >= 15 is 0 Å². The molecule has 0 bridgehead atoms. The van der Waals surface area contributed by atoms with Crippen LogP contribution >= 0.6 is 0 Å². The first kappa shape index (κ1) is 23.5. The lowest BCUT2D eigenvalue weighted by atomic mass is 9.82. The minimum atomic E-state index is -0.825. The molecule has 35 heavy (non-hydrogen) atoms. The molecule has 0 aliphatic carbocycles. The maximum Gasteiger partial charge on any atom is 0.337 e. The predicted octanol–water partition coefficient (Wildman–Crippen LogP) is 1.04. The number of fused-ring (bicyclic) bond motifs is 2. The van der Waals surface area contributed by atoms with Crippen LogP contribution in [-0.2, 0) is 27.4 Å². The fourth-order valence-electron chi connectivity index (χ4n) is 5.48. The van der Waals surface area contributed by atoms with E-state index in [1.807, 2.05) is 29.2 Å². The van der Waals surface area contributed by atoms with Gasteiger partial charge >= 0.3 is 5.97 Å². The summed E-state index contributed by atoms with van der Waals surface area (Å²) in [5.41, 5.74) is 1.44. The molecular weight excluding hydrogens is 450 g/mol. The minimum Gasteiger partial charge on any atom is -0.497 e. The number of rotatable bonds is 6. The number of aliphatic hydroxyl groups is 1. The lowest BCUT2D eigenvalue weighted by molar-refractivity contribution is -0.181. The molecule has 9 heteroatoms. The number of hydrogen-bond donors (Lipinski definition) is 1. The second-order valence-electron chi connectivity index (χ2n) is 9.50. The third-order valence-corrected chi connectivity index (χ3v) is 7.27. The van der Waals surface area contributed by atoms with Gasteiger partial charge in [-0.3, -0.25) is 24.3 Å². The SMILES string of the molecule is COC(=O)c1ccc(CN2C(=O)C3CC(O)CN3C3(CN(Cc4ccc(OC)cc4)C3)C2=O)cc1. The van der Waals surface area contributed by atoms with Crippen LogP contribution in [0.15, 0.2) is 48.5 Å². The summed E-state index contributed by atoms with van der Waals surface area (Å²) < 4.78 is 9.96. The van der Waals surface area contributed by atoms with Gasteiger partial charge in [-0.2, -0.15) is 0 Å². The molecule has 1 spiro atoms. The Bertz CT molecular complexity index is 1130. The van der Waals surface area contributed by atoms with Crippen LogP contribution < -0.4 is 4.74 Å². The molecule has 184 valence electrons. The number of carbonyl (C=O) groups is 3. The first-order valence-corrected chi connectivity index (χ1v) is 11.7. The number of ether oxygens (including phenoxy) is 2. The Labute approximate surface area is 203 Å². The van der Waals surface area contributed by atoms with Crippen LogP contribution in [0.3, 0.4) is 0 Å². The third kappa shape index (κ3) is 4.09. The smallest absolute Gasteiger partial charge is 0.337 e. The fourth-order valence-corrected chi connectivity index (χ4v) is 5.48. The lowest BCUT2D eigenvalue weighted by Gasteiger charge is -2.58. The molecule has 5 rings (SSSR count). The van der Waals surface area contributed by atoms with Crippen molar-refractivity contribution < 1.29 is 29.0 Å². The number of carbonyl (C=O) groups excluding carboxylic acids is 3. The second-order valence-corrected chi connectivity index (χ2v) is 9.50. The molecule has 2 atom stereocenters. The Hall–Kier alpha value is -3.27. The van der Waals surface area contributed by atoms with E-state index in [2.05, 4.69) is 4.90 Å². The Balaban J connectivity index is 1.34. The van der Waals surface area contributed by atoms with Gasteiger partial charge in [0.25, 0.3) is 5.91 Å². The summed E-state index contributed by atoms with van der Waals surface area (Å²) in [5, 5.41) is 10.4. The van der Waals surface area contributed by atoms with Gasteiger partial charge in [-0.15, -0.1) is 0 Å². The standard InChI is InChI=1S/C26H29N3O6/c1-34-21-9-5-17(6-10-21)12-27-15-26(16-27)25(33)28(23(31)22-11-20(30)14-29(22)26)13-18-3-7-19(8-4-18)24(32)35-2/h3-10,20,22,30H,11-16H2,1-2H3. The van der Waals surface area contributed by atoms with Crippen LogP contribution in [0.5, 0.6) is 5.75 Å². The van der Waals surface area contributed by atoms with E-state index in [0.29, 0.717) is 38.2 Å². The molecule has 3 aliphatic heterocycles. The van der Waals surface area contributed by atoms with Crippen LogP contribution in [0.25, 0.3) is 0 Å². The largest absolute Gasteiger partial charge is 0.497 e. The number of piperazine rings is 1. The number of esters is 1. The number of methoxy groups -OCH3 is 2. The van der Waals surface area contributed by atoms with Gasteiger partial charge in [0.1, 0.15) is 11.3 Å². The van der Waals surface area contributed by atoms with E-state index in [1.165, 1.54) is 12.0 Å². The average Bonchev–Trinajstić information content (AvgIpc) is 3.25. The second kappa shape index (κ2) is 9.07. The van der Waals surface area contributed by atoms with Crippen LogP contribution in [0, 0.1) is 0 Å². The molecule has 0 saturated carbocycles. The molecule has 9 nitrogen and oxygen atoms in total. The number of amides is 2. The van der Waals surface area contributed by atoms with Crippen molar-refractivity contribution in [3.8, 4) is 5.75 Å². The van der Waals surface area contributed by atoms with E-state index < -0.39 is 23.7 Å². The monoisotopic (exact) mass is 479 g/mol. The van der Waals surface area contributed by atoms with Crippen LogP contribution in [-0.4, -0.2) is 89.1 Å².